The van der Waals surface area contributed by atoms with Gasteiger partial charge in [-0.1, -0.05) is 0 Å². The molecule has 0 atom stereocenters. The number of likely N-dealkylation sites (N-methyl/N-ethyl adjacent to an activating group) is 1. The fraction of sp³-hybridized carbons (Fsp3) is 0.600. The zero-order valence-electron chi connectivity index (χ0n) is 9.61. The van der Waals surface area contributed by atoms with Crippen LogP contribution in [0.3, 0.4) is 0 Å². The first-order valence-electron chi connectivity index (χ1n) is 5.36. The van der Waals surface area contributed by atoms with Crippen molar-refractivity contribution in [2.24, 2.45) is 5.73 Å². The lowest BCUT2D eigenvalue weighted by Crippen LogP contribution is -2.32. The highest BCUT2D eigenvalue weighted by Crippen LogP contribution is 2.20. The molecule has 2 N–H and O–H groups in total. The van der Waals surface area contributed by atoms with Gasteiger partial charge in [0.15, 0.2) is 0 Å². The maximum Gasteiger partial charge on any atom is 0.283 e. The highest BCUT2D eigenvalue weighted by Gasteiger charge is 2.12. The molecule has 0 aliphatic heterocycles. The molecular weight excluding hydrogens is 272 g/mol. The summed E-state index contributed by atoms with van der Waals surface area (Å²) in [5, 5.41) is 4.10. The van der Waals surface area contributed by atoms with Gasteiger partial charge in [-0.05, 0) is 29.8 Å². The van der Waals surface area contributed by atoms with Crippen LogP contribution in [0.4, 0.5) is 5.69 Å². The molecule has 0 spiro atoms. The molecule has 1 aromatic rings. The number of aryl methyl sites for hydroxylation is 1. The summed E-state index contributed by atoms with van der Waals surface area (Å²) < 4.78 is 1.98. The van der Waals surface area contributed by atoms with Crippen LogP contribution >= 0.6 is 15.9 Å². The second-order valence-electron chi connectivity index (χ2n) is 3.33. The standard InChI is InChI=1S/C10H17BrN4O/c1-3-14(6-5-12)8-7-13-15(4-2)10(16)9(8)11/h7H,3-6,12H2,1-2H3. The van der Waals surface area contributed by atoms with Crippen LogP contribution in [0.1, 0.15) is 13.8 Å². The van der Waals surface area contributed by atoms with Crippen LogP contribution in [-0.4, -0.2) is 29.4 Å². The highest BCUT2D eigenvalue weighted by atomic mass is 79.9. The van der Waals surface area contributed by atoms with Crippen LogP contribution in [0.2, 0.25) is 0 Å². The number of anilines is 1. The quantitative estimate of drug-likeness (QED) is 0.871. The molecule has 0 amide bonds. The number of halogens is 1. The molecule has 6 heteroatoms. The Hall–Kier alpha value is -0.880. The third kappa shape index (κ3) is 2.62. The third-order valence-corrected chi connectivity index (χ3v) is 3.13. The largest absolute Gasteiger partial charge is 0.368 e. The molecule has 0 aliphatic rings. The van der Waals surface area contributed by atoms with Crippen LogP contribution in [0.25, 0.3) is 0 Å². The molecule has 1 rings (SSSR count). The normalized spacial score (nSPS) is 10.5. The number of hydrogen-bond acceptors (Lipinski definition) is 4. The molecule has 0 fully saturated rings. The Balaban J connectivity index is 3.15. The maximum atomic E-state index is 11.8. The van der Waals surface area contributed by atoms with E-state index in [0.717, 1.165) is 12.2 Å². The van der Waals surface area contributed by atoms with Gasteiger partial charge < -0.3 is 10.6 Å². The van der Waals surface area contributed by atoms with Gasteiger partial charge in [-0.25, -0.2) is 4.68 Å². The Labute approximate surface area is 103 Å². The molecule has 0 aromatic carbocycles. The average Bonchev–Trinajstić information content (AvgIpc) is 2.30. The van der Waals surface area contributed by atoms with Gasteiger partial charge in [-0.3, -0.25) is 4.79 Å². The molecule has 0 saturated heterocycles. The Bertz CT molecular complexity index is 404. The number of nitrogens with zero attached hydrogens (tertiary/aromatic N) is 3. The van der Waals surface area contributed by atoms with E-state index in [-0.39, 0.29) is 5.56 Å². The molecule has 1 aromatic heterocycles. The van der Waals surface area contributed by atoms with Gasteiger partial charge in [0.05, 0.1) is 11.9 Å². The fourth-order valence-corrected chi connectivity index (χ4v) is 2.06. The van der Waals surface area contributed by atoms with Gasteiger partial charge in [0, 0.05) is 26.2 Å². The van der Waals surface area contributed by atoms with Crippen molar-refractivity contribution in [1.29, 1.82) is 0 Å². The number of aromatic nitrogens is 2. The molecule has 0 saturated carbocycles. The topological polar surface area (TPSA) is 64.2 Å². The molecule has 90 valence electrons. The Morgan fingerprint density at radius 2 is 2.25 bits per heavy atom. The van der Waals surface area contributed by atoms with Crippen LogP contribution in [0.5, 0.6) is 0 Å². The highest BCUT2D eigenvalue weighted by molar-refractivity contribution is 9.10. The Kier molecular flexibility index (Phi) is 4.95. The number of hydrogen-bond donors (Lipinski definition) is 1. The van der Waals surface area contributed by atoms with E-state index < -0.39 is 0 Å². The van der Waals surface area contributed by atoms with E-state index in [4.69, 9.17) is 5.73 Å². The zero-order chi connectivity index (χ0) is 12.1. The second kappa shape index (κ2) is 6.00. The molecule has 0 bridgehead atoms. The average molecular weight is 289 g/mol. The summed E-state index contributed by atoms with van der Waals surface area (Å²) in [6.45, 7) is 6.54. The van der Waals surface area contributed by atoms with E-state index in [9.17, 15) is 4.79 Å². The fourth-order valence-electron chi connectivity index (χ4n) is 1.51. The summed E-state index contributed by atoms with van der Waals surface area (Å²) in [5.74, 6) is 0. The minimum atomic E-state index is -0.101. The van der Waals surface area contributed by atoms with Crippen molar-refractivity contribution in [1.82, 2.24) is 9.78 Å². The lowest BCUT2D eigenvalue weighted by atomic mass is 10.3. The maximum absolute atomic E-state index is 11.8. The van der Waals surface area contributed by atoms with Crippen LogP contribution in [0, 0.1) is 0 Å². The summed E-state index contributed by atoms with van der Waals surface area (Å²) in [5.41, 5.74) is 6.23. The lowest BCUT2D eigenvalue weighted by molar-refractivity contribution is 0.609. The lowest BCUT2D eigenvalue weighted by Gasteiger charge is -2.23. The van der Waals surface area contributed by atoms with Gasteiger partial charge >= 0.3 is 0 Å². The molecule has 0 radical (unpaired) electrons. The minimum Gasteiger partial charge on any atom is -0.368 e. The minimum absolute atomic E-state index is 0.101. The summed E-state index contributed by atoms with van der Waals surface area (Å²) in [7, 11) is 0. The zero-order valence-corrected chi connectivity index (χ0v) is 11.2. The first kappa shape index (κ1) is 13.2. The van der Waals surface area contributed by atoms with Gasteiger partial charge in [-0.2, -0.15) is 5.10 Å². The summed E-state index contributed by atoms with van der Waals surface area (Å²) in [6, 6.07) is 0. The number of rotatable bonds is 5. The van der Waals surface area contributed by atoms with Gasteiger partial charge in [0.2, 0.25) is 0 Å². The Morgan fingerprint density at radius 1 is 1.56 bits per heavy atom. The van der Waals surface area contributed by atoms with Crippen molar-refractivity contribution in [2.75, 3.05) is 24.5 Å². The summed E-state index contributed by atoms with van der Waals surface area (Å²) in [6.07, 6.45) is 1.70. The molecule has 5 nitrogen and oxygen atoms in total. The van der Waals surface area contributed by atoms with Crippen molar-refractivity contribution < 1.29 is 0 Å². The number of nitrogens with two attached hydrogens (primary N) is 1. The molecule has 1 heterocycles. The summed E-state index contributed by atoms with van der Waals surface area (Å²) in [4.78, 5) is 13.9. The van der Waals surface area contributed by atoms with Gasteiger partial charge in [0.25, 0.3) is 5.56 Å². The predicted molar refractivity (Wildman–Crippen MR) is 68.8 cm³/mol. The van der Waals surface area contributed by atoms with Gasteiger partial charge in [-0.15, -0.1) is 0 Å². The van der Waals surface area contributed by atoms with Crippen LogP contribution < -0.4 is 16.2 Å². The van der Waals surface area contributed by atoms with E-state index in [0.29, 0.717) is 24.1 Å². The third-order valence-electron chi connectivity index (χ3n) is 2.39. The van der Waals surface area contributed by atoms with Gasteiger partial charge in [0.1, 0.15) is 4.47 Å². The monoisotopic (exact) mass is 288 g/mol. The SMILES string of the molecule is CCN(CCN)c1cnn(CC)c(=O)c1Br. The smallest absolute Gasteiger partial charge is 0.283 e. The van der Waals surface area contributed by atoms with Crippen molar-refractivity contribution in [3.63, 3.8) is 0 Å². The molecule has 0 aliphatic carbocycles. The first-order chi connectivity index (χ1) is 7.65. The molecular formula is C10H17BrN4O. The molecule has 0 unspecified atom stereocenters. The van der Waals surface area contributed by atoms with Crippen molar-refractivity contribution in [2.45, 2.75) is 20.4 Å². The van der Waals surface area contributed by atoms with E-state index in [1.165, 1.54) is 4.68 Å². The van der Waals surface area contributed by atoms with E-state index in [1.54, 1.807) is 6.20 Å². The molecule has 16 heavy (non-hydrogen) atoms. The van der Waals surface area contributed by atoms with E-state index in [1.807, 2.05) is 18.7 Å². The van der Waals surface area contributed by atoms with E-state index in [2.05, 4.69) is 21.0 Å². The summed E-state index contributed by atoms with van der Waals surface area (Å²) >= 11 is 3.33. The first-order valence-corrected chi connectivity index (χ1v) is 6.15. The van der Waals surface area contributed by atoms with Crippen molar-refractivity contribution in [3.8, 4) is 0 Å². The second-order valence-corrected chi connectivity index (χ2v) is 4.13. The Morgan fingerprint density at radius 3 is 2.75 bits per heavy atom. The van der Waals surface area contributed by atoms with Crippen molar-refractivity contribution in [3.05, 3.63) is 21.0 Å². The predicted octanol–water partition coefficient (Wildman–Crippen LogP) is 0.811. The van der Waals surface area contributed by atoms with E-state index >= 15 is 0 Å². The van der Waals surface area contributed by atoms with Crippen molar-refractivity contribution >= 4 is 21.6 Å². The van der Waals surface area contributed by atoms with Crippen LogP contribution in [-0.2, 0) is 6.54 Å². The van der Waals surface area contributed by atoms with Crippen LogP contribution in [0.15, 0.2) is 15.5 Å².